The molecule has 0 bridgehead atoms. The number of aromatic nitrogens is 1. The Morgan fingerprint density at radius 3 is 2.27 bits per heavy atom. The fraction of sp³-hybridized carbons (Fsp3) is 0.231. The number of thioether (sulfide) groups is 1. The number of rotatable bonds is 11. The van der Waals surface area contributed by atoms with Crippen LogP contribution in [0.1, 0.15) is 35.2 Å². The van der Waals surface area contributed by atoms with E-state index in [-0.39, 0.29) is 5.12 Å². The smallest absolute Gasteiger partial charge is 0.253 e. The minimum absolute atomic E-state index is 0.00375. The molecule has 2 aromatic carbocycles. The van der Waals surface area contributed by atoms with E-state index in [2.05, 4.69) is 9.88 Å². The Kier molecular flexibility index (Phi) is 9.20. The first-order valence-corrected chi connectivity index (χ1v) is 11.7. The predicted molar refractivity (Wildman–Crippen MR) is 128 cm³/mol. The topological polar surface area (TPSA) is 93.1 Å². The molecule has 0 saturated heterocycles. The van der Waals surface area contributed by atoms with E-state index in [1.807, 2.05) is 60.9 Å². The van der Waals surface area contributed by atoms with Crippen molar-refractivity contribution >= 4 is 28.7 Å². The SMILES string of the molecule is NC(=O)C(Cc1ccccc1)NC(=O)c1ccccc1SC(=O)CCCC[n+]1ccccc1. The van der Waals surface area contributed by atoms with Gasteiger partial charge in [-0.25, -0.2) is 4.57 Å². The molecule has 0 aliphatic rings. The van der Waals surface area contributed by atoms with Gasteiger partial charge in [0.05, 0.1) is 5.56 Å². The Hall–Kier alpha value is -3.45. The molecule has 1 heterocycles. The molecule has 3 rings (SSSR count). The highest BCUT2D eigenvalue weighted by Gasteiger charge is 2.22. The second kappa shape index (κ2) is 12.6. The molecule has 170 valence electrons. The van der Waals surface area contributed by atoms with Crippen LogP contribution in [-0.2, 0) is 22.6 Å². The quantitative estimate of drug-likeness (QED) is 0.260. The summed E-state index contributed by atoms with van der Waals surface area (Å²) in [7, 11) is 0. The summed E-state index contributed by atoms with van der Waals surface area (Å²) < 4.78 is 2.09. The number of nitrogens with one attached hydrogen (secondary N) is 1. The van der Waals surface area contributed by atoms with Gasteiger partial charge in [-0.2, -0.15) is 0 Å². The summed E-state index contributed by atoms with van der Waals surface area (Å²) in [4.78, 5) is 37.9. The van der Waals surface area contributed by atoms with Crippen molar-refractivity contribution in [2.24, 2.45) is 5.73 Å². The summed E-state index contributed by atoms with van der Waals surface area (Å²) in [5, 5.41) is 2.73. The average molecular weight is 463 g/mol. The van der Waals surface area contributed by atoms with Crippen LogP contribution in [0.25, 0.3) is 0 Å². The Morgan fingerprint density at radius 1 is 0.879 bits per heavy atom. The molecule has 3 N–H and O–H groups in total. The van der Waals surface area contributed by atoms with E-state index in [0.717, 1.165) is 36.7 Å². The molecule has 0 radical (unpaired) electrons. The third kappa shape index (κ3) is 7.88. The van der Waals surface area contributed by atoms with Crippen LogP contribution in [0.4, 0.5) is 0 Å². The summed E-state index contributed by atoms with van der Waals surface area (Å²) in [6.45, 7) is 0.855. The van der Waals surface area contributed by atoms with Crippen molar-refractivity contribution in [1.82, 2.24) is 5.32 Å². The Morgan fingerprint density at radius 2 is 1.55 bits per heavy atom. The summed E-state index contributed by atoms with van der Waals surface area (Å²) in [5.74, 6) is -1.03. The second-order valence-electron chi connectivity index (χ2n) is 7.66. The average Bonchev–Trinajstić information content (AvgIpc) is 2.83. The van der Waals surface area contributed by atoms with Gasteiger partial charge in [0.25, 0.3) is 5.91 Å². The van der Waals surface area contributed by atoms with E-state index in [0.29, 0.717) is 23.3 Å². The molecule has 0 aliphatic carbocycles. The monoisotopic (exact) mass is 462 g/mol. The summed E-state index contributed by atoms with van der Waals surface area (Å²) in [6, 6.07) is 21.4. The molecule has 1 atom stereocenters. The third-order valence-corrected chi connectivity index (χ3v) is 6.12. The number of carbonyl (C=O) groups excluding carboxylic acids is 3. The van der Waals surface area contributed by atoms with Crippen molar-refractivity contribution in [1.29, 1.82) is 0 Å². The molecule has 7 heteroatoms. The van der Waals surface area contributed by atoms with Crippen LogP contribution < -0.4 is 15.6 Å². The fourth-order valence-electron chi connectivity index (χ4n) is 3.37. The Labute approximate surface area is 198 Å². The van der Waals surface area contributed by atoms with Gasteiger partial charge in [0.1, 0.15) is 12.6 Å². The van der Waals surface area contributed by atoms with Gasteiger partial charge >= 0.3 is 0 Å². The summed E-state index contributed by atoms with van der Waals surface area (Å²) in [6.07, 6.45) is 6.39. The number of unbranched alkanes of at least 4 members (excludes halogenated alkanes) is 1. The van der Waals surface area contributed by atoms with E-state index >= 15 is 0 Å². The standard InChI is InChI=1S/C26H27N3O3S/c27-25(31)22(19-20-11-3-1-4-12-20)28-26(32)21-13-5-6-14-23(21)33-24(30)15-7-10-18-29-16-8-2-9-17-29/h1-6,8-9,11-14,16-17,22H,7,10,15,18-19H2,(H2-,27,28,31,32)/p+1. The van der Waals surface area contributed by atoms with Crippen LogP contribution in [0.3, 0.4) is 0 Å². The van der Waals surface area contributed by atoms with E-state index in [9.17, 15) is 14.4 Å². The van der Waals surface area contributed by atoms with Crippen LogP contribution in [0.15, 0.2) is 90.1 Å². The van der Waals surface area contributed by atoms with Gasteiger partial charge < -0.3 is 11.1 Å². The first-order chi connectivity index (χ1) is 16.0. The minimum atomic E-state index is -0.843. The normalized spacial score (nSPS) is 11.5. The van der Waals surface area contributed by atoms with Crippen LogP contribution in [0, 0.1) is 0 Å². The van der Waals surface area contributed by atoms with E-state index in [4.69, 9.17) is 5.73 Å². The van der Waals surface area contributed by atoms with E-state index < -0.39 is 17.9 Å². The molecule has 3 aromatic rings. The minimum Gasteiger partial charge on any atom is -0.368 e. The molecule has 0 saturated carbocycles. The molecule has 1 aromatic heterocycles. The molecular weight excluding hydrogens is 434 g/mol. The van der Waals surface area contributed by atoms with Crippen molar-refractivity contribution in [3.8, 4) is 0 Å². The lowest BCUT2D eigenvalue weighted by molar-refractivity contribution is -0.697. The lowest BCUT2D eigenvalue weighted by Crippen LogP contribution is -2.46. The van der Waals surface area contributed by atoms with Crippen LogP contribution in [0.5, 0.6) is 0 Å². The van der Waals surface area contributed by atoms with Crippen LogP contribution in [-0.4, -0.2) is 23.0 Å². The zero-order chi connectivity index (χ0) is 23.5. The summed E-state index contributed by atoms with van der Waals surface area (Å²) >= 11 is 1.06. The number of benzene rings is 2. The third-order valence-electron chi connectivity index (χ3n) is 5.11. The number of hydrogen-bond acceptors (Lipinski definition) is 4. The number of carbonyl (C=O) groups is 3. The largest absolute Gasteiger partial charge is 0.368 e. The highest BCUT2D eigenvalue weighted by atomic mass is 32.2. The fourth-order valence-corrected chi connectivity index (χ4v) is 4.28. The maximum absolute atomic E-state index is 12.9. The number of hydrogen-bond donors (Lipinski definition) is 2. The molecule has 0 spiro atoms. The molecular formula is C26H28N3O3S+. The van der Waals surface area contributed by atoms with E-state index in [1.165, 1.54) is 0 Å². The molecule has 0 aliphatic heterocycles. The van der Waals surface area contributed by atoms with Crippen molar-refractivity contribution < 1.29 is 19.0 Å². The maximum Gasteiger partial charge on any atom is 0.253 e. The molecule has 6 nitrogen and oxygen atoms in total. The van der Waals surface area contributed by atoms with Crippen molar-refractivity contribution in [2.75, 3.05) is 0 Å². The maximum atomic E-state index is 12.9. The predicted octanol–water partition coefficient (Wildman–Crippen LogP) is 3.29. The van der Waals surface area contributed by atoms with Crippen molar-refractivity contribution in [3.05, 3.63) is 96.3 Å². The van der Waals surface area contributed by atoms with Crippen LogP contribution in [0.2, 0.25) is 0 Å². The number of aryl methyl sites for hydroxylation is 1. The second-order valence-corrected chi connectivity index (χ2v) is 8.76. The van der Waals surface area contributed by atoms with Crippen molar-refractivity contribution in [3.63, 3.8) is 0 Å². The molecule has 1 unspecified atom stereocenters. The highest BCUT2D eigenvalue weighted by molar-refractivity contribution is 8.13. The lowest BCUT2D eigenvalue weighted by atomic mass is 10.0. The summed E-state index contributed by atoms with van der Waals surface area (Å²) in [5.41, 5.74) is 6.78. The van der Waals surface area contributed by atoms with Gasteiger partial charge in [0, 0.05) is 36.3 Å². The number of primary amides is 1. The number of nitrogens with zero attached hydrogens (tertiary/aromatic N) is 1. The first-order valence-electron chi connectivity index (χ1n) is 10.9. The molecule has 2 amide bonds. The zero-order valence-electron chi connectivity index (χ0n) is 18.4. The Bertz CT molecular complexity index is 1070. The lowest BCUT2D eigenvalue weighted by Gasteiger charge is -2.17. The van der Waals surface area contributed by atoms with Gasteiger partial charge in [-0.05, 0) is 24.1 Å². The van der Waals surface area contributed by atoms with Gasteiger partial charge in [-0.15, -0.1) is 0 Å². The number of pyridine rings is 1. The molecule has 33 heavy (non-hydrogen) atoms. The zero-order valence-corrected chi connectivity index (χ0v) is 19.2. The first kappa shape index (κ1) is 24.2. The highest BCUT2D eigenvalue weighted by Crippen LogP contribution is 2.25. The molecule has 0 fully saturated rings. The number of nitrogens with two attached hydrogens (primary N) is 1. The van der Waals surface area contributed by atoms with Gasteiger partial charge in [-0.3, -0.25) is 14.4 Å². The Balaban J connectivity index is 1.56. The van der Waals surface area contributed by atoms with E-state index in [1.54, 1.807) is 24.3 Å². The van der Waals surface area contributed by atoms with Gasteiger partial charge in [0.15, 0.2) is 17.5 Å². The van der Waals surface area contributed by atoms with Gasteiger partial charge in [-0.1, -0.05) is 60.3 Å². The van der Waals surface area contributed by atoms with Crippen LogP contribution >= 0.6 is 11.8 Å². The van der Waals surface area contributed by atoms with Crippen molar-refractivity contribution in [2.45, 2.75) is 43.2 Å². The van der Waals surface area contributed by atoms with Gasteiger partial charge in [0.2, 0.25) is 5.91 Å². The number of amides is 2.